The first-order chi connectivity index (χ1) is 17.0. The zero-order chi connectivity index (χ0) is 24.1. The number of benzene rings is 2. The van der Waals surface area contributed by atoms with Gasteiger partial charge in [-0.1, -0.05) is 42.8 Å². The van der Waals surface area contributed by atoms with Crippen molar-refractivity contribution < 1.29 is 9.53 Å². The molecule has 184 valence electrons. The van der Waals surface area contributed by atoms with E-state index in [-0.39, 0.29) is 29.5 Å². The predicted octanol–water partition coefficient (Wildman–Crippen LogP) is 3.10. The largest absolute Gasteiger partial charge is 0.491 e. The minimum Gasteiger partial charge on any atom is -0.491 e. The minimum absolute atomic E-state index is 0.0363. The Morgan fingerprint density at radius 2 is 1.83 bits per heavy atom. The maximum Gasteiger partial charge on any atom is 0.329 e. The van der Waals surface area contributed by atoms with Crippen molar-refractivity contribution in [2.24, 2.45) is 18.9 Å². The highest BCUT2D eigenvalue weighted by atomic mass is 16.5. The van der Waals surface area contributed by atoms with Crippen molar-refractivity contribution in [3.05, 3.63) is 64.1 Å². The standard InChI is InChI=1S/C28H34N4O3/c1-30-16-22(20-13-14-29-24(20)27(30)33)21-11-12-23-25(26(21)35-17-19-9-6-10-19)32(28(34)31(23)2)15-18-7-4-3-5-8-18/h3-5,7-8,11-12,19-20,22,24,29H,6,9-10,13-17H2,1-2H3. The lowest BCUT2D eigenvalue weighted by Crippen LogP contribution is -2.53. The van der Waals surface area contributed by atoms with Gasteiger partial charge in [0.05, 0.1) is 24.7 Å². The smallest absolute Gasteiger partial charge is 0.329 e. The molecule has 0 bridgehead atoms. The van der Waals surface area contributed by atoms with Gasteiger partial charge in [0, 0.05) is 32.1 Å². The molecule has 3 unspecified atom stereocenters. The van der Waals surface area contributed by atoms with Crippen LogP contribution >= 0.6 is 0 Å². The van der Waals surface area contributed by atoms with Gasteiger partial charge in [0.15, 0.2) is 0 Å². The number of imidazole rings is 1. The Labute approximate surface area is 205 Å². The molecule has 6 rings (SSSR count). The summed E-state index contributed by atoms with van der Waals surface area (Å²) in [5.74, 6) is 2.00. The van der Waals surface area contributed by atoms with Gasteiger partial charge < -0.3 is 15.0 Å². The van der Waals surface area contributed by atoms with E-state index in [2.05, 4.69) is 29.6 Å². The van der Waals surface area contributed by atoms with E-state index in [1.807, 2.05) is 41.8 Å². The first-order valence-corrected chi connectivity index (χ1v) is 12.9. The summed E-state index contributed by atoms with van der Waals surface area (Å²) in [5.41, 5.74) is 3.94. The second kappa shape index (κ2) is 8.86. The van der Waals surface area contributed by atoms with Crippen LogP contribution in [0, 0.1) is 11.8 Å². The maximum absolute atomic E-state index is 13.4. The lowest BCUT2D eigenvalue weighted by molar-refractivity contribution is -0.136. The Kier molecular flexibility index (Phi) is 5.67. The van der Waals surface area contributed by atoms with Crippen molar-refractivity contribution in [2.45, 2.75) is 44.2 Å². The second-order valence-electron chi connectivity index (χ2n) is 10.6. The number of ether oxygens (including phenoxy) is 1. The van der Waals surface area contributed by atoms with Crippen molar-refractivity contribution in [3.63, 3.8) is 0 Å². The molecule has 1 N–H and O–H groups in total. The Hall–Kier alpha value is -3.06. The molecule has 7 heteroatoms. The Balaban J connectivity index is 1.50. The van der Waals surface area contributed by atoms with Crippen LogP contribution in [0.25, 0.3) is 11.0 Å². The molecule has 1 aromatic heterocycles. The average molecular weight is 475 g/mol. The molecule has 2 aliphatic heterocycles. The van der Waals surface area contributed by atoms with Gasteiger partial charge in [-0.15, -0.1) is 0 Å². The van der Waals surface area contributed by atoms with Crippen LogP contribution in [-0.4, -0.2) is 52.7 Å². The summed E-state index contributed by atoms with van der Waals surface area (Å²) in [6.07, 6.45) is 4.64. The van der Waals surface area contributed by atoms with Gasteiger partial charge in [0.2, 0.25) is 5.91 Å². The third kappa shape index (κ3) is 3.77. The van der Waals surface area contributed by atoms with E-state index in [0.29, 0.717) is 25.6 Å². The summed E-state index contributed by atoms with van der Waals surface area (Å²) < 4.78 is 10.3. The summed E-state index contributed by atoms with van der Waals surface area (Å²) in [7, 11) is 3.73. The highest BCUT2D eigenvalue weighted by Crippen LogP contribution is 2.44. The van der Waals surface area contributed by atoms with E-state index in [0.717, 1.165) is 40.9 Å². The fraction of sp³-hybridized carbons (Fsp3) is 0.500. The number of amides is 1. The van der Waals surface area contributed by atoms with Crippen LogP contribution in [0.1, 0.15) is 42.7 Å². The zero-order valence-corrected chi connectivity index (χ0v) is 20.6. The number of piperidine rings is 1. The molecule has 3 heterocycles. The number of likely N-dealkylation sites (N-methyl/N-ethyl adjacent to an activating group) is 1. The topological polar surface area (TPSA) is 68.5 Å². The third-order valence-electron chi connectivity index (χ3n) is 8.46. The minimum atomic E-state index is -0.142. The van der Waals surface area contributed by atoms with Crippen LogP contribution in [0.3, 0.4) is 0 Å². The van der Waals surface area contributed by atoms with Crippen molar-refractivity contribution in [1.29, 1.82) is 0 Å². The average Bonchev–Trinajstić information content (AvgIpc) is 3.42. The summed E-state index contributed by atoms with van der Waals surface area (Å²) in [4.78, 5) is 28.1. The number of nitrogens with one attached hydrogen (secondary N) is 1. The number of aryl methyl sites for hydroxylation is 1. The first kappa shape index (κ1) is 22.4. The summed E-state index contributed by atoms with van der Waals surface area (Å²) in [5, 5.41) is 3.43. The lowest BCUT2D eigenvalue weighted by atomic mass is 9.77. The van der Waals surface area contributed by atoms with Crippen molar-refractivity contribution in [3.8, 4) is 5.75 Å². The Bertz CT molecular complexity index is 1310. The van der Waals surface area contributed by atoms with E-state index in [1.54, 1.807) is 4.57 Å². The van der Waals surface area contributed by atoms with Gasteiger partial charge >= 0.3 is 5.69 Å². The summed E-state index contributed by atoms with van der Waals surface area (Å²) in [6.45, 7) is 2.70. The number of aromatic nitrogens is 2. The van der Waals surface area contributed by atoms with E-state index in [1.165, 1.54) is 19.3 Å². The number of likely N-dealkylation sites (tertiary alicyclic amines) is 1. The van der Waals surface area contributed by atoms with E-state index in [9.17, 15) is 9.59 Å². The quantitative estimate of drug-likeness (QED) is 0.596. The van der Waals surface area contributed by atoms with Gasteiger partial charge in [-0.2, -0.15) is 0 Å². The zero-order valence-electron chi connectivity index (χ0n) is 20.6. The SMILES string of the molecule is CN1CC(c2ccc3c(c2OCC2CCC2)n(Cc2ccccc2)c(=O)n3C)C2CCNC2C1=O. The molecule has 3 aromatic rings. The first-order valence-electron chi connectivity index (χ1n) is 12.9. The number of nitrogens with zero attached hydrogens (tertiary/aromatic N) is 3. The monoisotopic (exact) mass is 474 g/mol. The molecular formula is C28H34N4O3. The fourth-order valence-electron chi connectivity index (χ4n) is 6.22. The molecule has 3 atom stereocenters. The second-order valence-corrected chi connectivity index (χ2v) is 10.6. The van der Waals surface area contributed by atoms with Crippen molar-refractivity contribution >= 4 is 16.9 Å². The number of fused-ring (bicyclic) bond motifs is 2. The molecule has 3 fully saturated rings. The molecule has 2 saturated heterocycles. The molecule has 35 heavy (non-hydrogen) atoms. The van der Waals surface area contributed by atoms with E-state index in [4.69, 9.17) is 4.74 Å². The predicted molar refractivity (Wildman–Crippen MR) is 136 cm³/mol. The van der Waals surface area contributed by atoms with Crippen LogP contribution < -0.4 is 15.7 Å². The van der Waals surface area contributed by atoms with Crippen LogP contribution in [0.4, 0.5) is 0 Å². The van der Waals surface area contributed by atoms with Gasteiger partial charge in [-0.05, 0) is 49.3 Å². The van der Waals surface area contributed by atoms with Crippen LogP contribution in [0.5, 0.6) is 5.75 Å². The molecule has 2 aromatic carbocycles. The molecular weight excluding hydrogens is 440 g/mol. The number of carbonyl (C=O) groups excluding carboxylic acids is 1. The molecule has 0 spiro atoms. The molecule has 0 radical (unpaired) electrons. The van der Waals surface area contributed by atoms with E-state index >= 15 is 0 Å². The highest BCUT2D eigenvalue weighted by Gasteiger charge is 2.45. The van der Waals surface area contributed by atoms with Gasteiger partial charge in [0.1, 0.15) is 11.3 Å². The molecule has 1 aliphatic carbocycles. The Morgan fingerprint density at radius 1 is 1.03 bits per heavy atom. The maximum atomic E-state index is 13.4. The lowest BCUT2D eigenvalue weighted by Gasteiger charge is -2.39. The van der Waals surface area contributed by atoms with Crippen LogP contribution in [0.2, 0.25) is 0 Å². The van der Waals surface area contributed by atoms with Gasteiger partial charge in [0.25, 0.3) is 0 Å². The number of rotatable bonds is 6. The summed E-state index contributed by atoms with van der Waals surface area (Å²) >= 11 is 0. The molecule has 7 nitrogen and oxygen atoms in total. The van der Waals surface area contributed by atoms with Gasteiger partial charge in [-0.25, -0.2) is 4.79 Å². The van der Waals surface area contributed by atoms with Crippen LogP contribution in [-0.2, 0) is 18.4 Å². The Morgan fingerprint density at radius 3 is 2.57 bits per heavy atom. The highest BCUT2D eigenvalue weighted by molar-refractivity contribution is 5.86. The molecule has 1 saturated carbocycles. The number of carbonyl (C=O) groups is 1. The molecule has 3 aliphatic rings. The van der Waals surface area contributed by atoms with E-state index < -0.39 is 0 Å². The molecule has 1 amide bonds. The normalized spacial score (nSPS) is 24.6. The number of hydrogen-bond donors (Lipinski definition) is 1. The third-order valence-corrected chi connectivity index (χ3v) is 8.46. The number of hydrogen-bond acceptors (Lipinski definition) is 4. The van der Waals surface area contributed by atoms with Crippen LogP contribution in [0.15, 0.2) is 47.3 Å². The summed E-state index contributed by atoms with van der Waals surface area (Å²) in [6, 6.07) is 14.2. The van der Waals surface area contributed by atoms with Gasteiger partial charge in [-0.3, -0.25) is 13.9 Å². The van der Waals surface area contributed by atoms with Crippen molar-refractivity contribution in [2.75, 3.05) is 26.7 Å². The van der Waals surface area contributed by atoms with Crippen molar-refractivity contribution in [1.82, 2.24) is 19.4 Å². The fourth-order valence-corrected chi connectivity index (χ4v) is 6.22.